The molecule has 2 N–H and O–H groups in total. The Labute approximate surface area is 195 Å². The van der Waals surface area contributed by atoms with Crippen LogP contribution in [-0.2, 0) is 19.1 Å². The van der Waals surface area contributed by atoms with Gasteiger partial charge in [-0.25, -0.2) is 4.79 Å². The Morgan fingerprint density at radius 1 is 1.00 bits per heavy atom. The molecule has 2 aliphatic heterocycles. The number of rotatable bonds is 4. The highest BCUT2D eigenvalue weighted by atomic mass is 35.5. The second-order valence-corrected chi connectivity index (χ2v) is 8.72. The zero-order valence-corrected chi connectivity index (χ0v) is 18.5. The molecule has 3 fully saturated rings. The van der Waals surface area contributed by atoms with E-state index in [4.69, 9.17) is 21.1 Å². The monoisotopic (exact) mass is 470 g/mol. The van der Waals surface area contributed by atoms with Crippen LogP contribution in [0.15, 0.2) is 48.5 Å². The lowest BCUT2D eigenvalue weighted by atomic mass is 10.1. The van der Waals surface area contributed by atoms with Crippen molar-refractivity contribution >= 4 is 46.5 Å². The molecule has 172 valence electrons. The van der Waals surface area contributed by atoms with Crippen LogP contribution in [0.1, 0.15) is 12.8 Å². The van der Waals surface area contributed by atoms with Gasteiger partial charge in [0, 0.05) is 28.6 Å². The maximum Gasteiger partial charge on any atom is 0.324 e. The van der Waals surface area contributed by atoms with Crippen molar-refractivity contribution in [3.8, 4) is 0 Å². The van der Waals surface area contributed by atoms with Crippen LogP contribution >= 0.6 is 11.6 Å². The Balaban J connectivity index is 1.27. The minimum atomic E-state index is -0.745. The number of hydrogen-bond donors (Lipinski definition) is 2. The van der Waals surface area contributed by atoms with Crippen LogP contribution in [0.5, 0.6) is 0 Å². The first kappa shape index (κ1) is 21.7. The van der Waals surface area contributed by atoms with Crippen LogP contribution in [-0.4, -0.2) is 60.9 Å². The SMILES string of the molecule is O=C(Nc1ccc(N2CCOCC2=O)cc1)C1N(C(=O)Nc2ccc(Cl)cc2)COC12CC2. The lowest BCUT2D eigenvalue weighted by Gasteiger charge is -2.27. The number of nitrogens with zero attached hydrogens (tertiary/aromatic N) is 2. The summed E-state index contributed by atoms with van der Waals surface area (Å²) in [5, 5.41) is 6.25. The number of hydrogen-bond acceptors (Lipinski definition) is 5. The summed E-state index contributed by atoms with van der Waals surface area (Å²) in [6.07, 6.45) is 1.43. The van der Waals surface area contributed by atoms with E-state index in [9.17, 15) is 14.4 Å². The topological polar surface area (TPSA) is 100 Å². The van der Waals surface area contributed by atoms with E-state index >= 15 is 0 Å². The average molecular weight is 471 g/mol. The Hall–Kier alpha value is -3.14. The maximum atomic E-state index is 13.2. The van der Waals surface area contributed by atoms with E-state index in [1.165, 1.54) is 4.90 Å². The summed E-state index contributed by atoms with van der Waals surface area (Å²) >= 11 is 5.90. The van der Waals surface area contributed by atoms with Crippen molar-refractivity contribution < 1.29 is 23.9 Å². The molecule has 2 saturated heterocycles. The third-order valence-corrected chi connectivity index (χ3v) is 6.33. The molecule has 2 heterocycles. The van der Waals surface area contributed by atoms with Gasteiger partial charge in [-0.2, -0.15) is 0 Å². The predicted molar refractivity (Wildman–Crippen MR) is 122 cm³/mol. The molecule has 0 aromatic heterocycles. The highest BCUT2D eigenvalue weighted by molar-refractivity contribution is 6.30. The summed E-state index contributed by atoms with van der Waals surface area (Å²) in [6, 6.07) is 12.6. The largest absolute Gasteiger partial charge is 0.370 e. The molecule has 2 aromatic carbocycles. The molecule has 0 bridgehead atoms. The highest BCUT2D eigenvalue weighted by Gasteiger charge is 2.61. The van der Waals surface area contributed by atoms with E-state index in [0.717, 1.165) is 5.69 Å². The standard InChI is InChI=1S/C23H23ClN4O5/c24-15-1-3-17(4-2-15)26-22(31)28-14-33-23(9-10-23)20(28)21(30)25-16-5-7-18(8-6-16)27-11-12-32-13-19(27)29/h1-8,20H,9-14H2,(H,25,30)(H,26,31). The van der Waals surface area contributed by atoms with Crippen molar-refractivity contribution in [2.45, 2.75) is 24.5 Å². The predicted octanol–water partition coefficient (Wildman–Crippen LogP) is 3.06. The van der Waals surface area contributed by atoms with E-state index < -0.39 is 17.7 Å². The van der Waals surface area contributed by atoms with Crippen LogP contribution in [0.25, 0.3) is 0 Å². The summed E-state index contributed by atoms with van der Waals surface area (Å²) in [4.78, 5) is 41.2. The third-order valence-electron chi connectivity index (χ3n) is 6.08. The Bertz CT molecular complexity index is 1070. The second-order valence-electron chi connectivity index (χ2n) is 8.28. The molecule has 3 aliphatic rings. The number of halogens is 1. The molecule has 1 spiro atoms. The molecule has 0 radical (unpaired) electrons. The average Bonchev–Trinajstić information content (AvgIpc) is 3.48. The van der Waals surface area contributed by atoms with Gasteiger partial charge in [0.25, 0.3) is 5.91 Å². The first-order chi connectivity index (χ1) is 15.9. The number of carbonyl (C=O) groups is 3. The molecule has 1 unspecified atom stereocenters. The van der Waals surface area contributed by atoms with Crippen molar-refractivity contribution in [1.29, 1.82) is 0 Å². The fourth-order valence-corrected chi connectivity index (χ4v) is 4.31. The molecule has 5 rings (SSSR count). The zero-order chi connectivity index (χ0) is 23.0. The van der Waals surface area contributed by atoms with Crippen molar-refractivity contribution in [2.24, 2.45) is 0 Å². The lowest BCUT2D eigenvalue weighted by molar-refractivity contribution is -0.125. The molecular weight excluding hydrogens is 448 g/mol. The molecule has 2 aromatic rings. The molecule has 10 heteroatoms. The van der Waals surface area contributed by atoms with Crippen molar-refractivity contribution in [3.05, 3.63) is 53.6 Å². The summed E-state index contributed by atoms with van der Waals surface area (Å²) in [5.74, 6) is -0.411. The van der Waals surface area contributed by atoms with Gasteiger partial charge in [0.15, 0.2) is 0 Å². The number of amides is 4. The number of morpholine rings is 1. The molecule has 9 nitrogen and oxygen atoms in total. The minimum absolute atomic E-state index is 0.0373. The van der Waals surface area contributed by atoms with Gasteiger partial charge in [0.05, 0.1) is 6.61 Å². The van der Waals surface area contributed by atoms with Crippen molar-refractivity contribution in [3.63, 3.8) is 0 Å². The minimum Gasteiger partial charge on any atom is -0.370 e. The molecule has 33 heavy (non-hydrogen) atoms. The third kappa shape index (κ3) is 4.39. The number of carbonyl (C=O) groups excluding carboxylic acids is 3. The Morgan fingerprint density at radius 2 is 1.67 bits per heavy atom. The highest BCUT2D eigenvalue weighted by Crippen LogP contribution is 2.49. The number of anilines is 3. The molecule has 1 aliphatic carbocycles. The van der Waals surface area contributed by atoms with E-state index in [1.807, 2.05) is 0 Å². The van der Waals surface area contributed by atoms with Gasteiger partial charge in [-0.05, 0) is 61.4 Å². The van der Waals surface area contributed by atoms with Crippen molar-refractivity contribution in [1.82, 2.24) is 4.90 Å². The van der Waals surface area contributed by atoms with E-state index in [0.29, 0.717) is 42.4 Å². The number of benzene rings is 2. The Kier molecular flexibility index (Phi) is 5.69. The van der Waals surface area contributed by atoms with Crippen LogP contribution in [0.3, 0.4) is 0 Å². The van der Waals surface area contributed by atoms with Gasteiger partial charge in [-0.15, -0.1) is 0 Å². The molecule has 4 amide bonds. The Morgan fingerprint density at radius 3 is 2.33 bits per heavy atom. The van der Waals surface area contributed by atoms with Crippen LogP contribution in [0.4, 0.5) is 21.9 Å². The number of nitrogens with one attached hydrogen (secondary N) is 2. The van der Waals surface area contributed by atoms with Crippen molar-refractivity contribution in [2.75, 3.05) is 42.0 Å². The zero-order valence-electron chi connectivity index (χ0n) is 17.8. The van der Waals surface area contributed by atoms with Crippen LogP contribution in [0.2, 0.25) is 5.02 Å². The van der Waals surface area contributed by atoms with Gasteiger partial charge in [0.2, 0.25) is 5.91 Å². The van der Waals surface area contributed by atoms with Gasteiger partial charge in [-0.3, -0.25) is 14.5 Å². The maximum absolute atomic E-state index is 13.2. The summed E-state index contributed by atoms with van der Waals surface area (Å²) in [5.41, 5.74) is 1.26. The van der Waals surface area contributed by atoms with Crippen LogP contribution in [0, 0.1) is 0 Å². The van der Waals surface area contributed by atoms with E-state index in [-0.39, 0.29) is 25.2 Å². The smallest absolute Gasteiger partial charge is 0.324 e. The quantitative estimate of drug-likeness (QED) is 0.715. The fourth-order valence-electron chi connectivity index (χ4n) is 4.19. The summed E-state index contributed by atoms with van der Waals surface area (Å²) in [7, 11) is 0. The van der Waals surface area contributed by atoms with Gasteiger partial charge < -0.3 is 25.0 Å². The van der Waals surface area contributed by atoms with Gasteiger partial charge in [0.1, 0.15) is 25.0 Å². The molecule has 1 saturated carbocycles. The normalized spacial score (nSPS) is 21.2. The first-order valence-corrected chi connectivity index (χ1v) is 11.1. The number of urea groups is 1. The molecule has 1 atom stereocenters. The second kappa shape index (κ2) is 8.66. The van der Waals surface area contributed by atoms with Gasteiger partial charge in [-0.1, -0.05) is 11.6 Å². The summed E-state index contributed by atoms with van der Waals surface area (Å²) < 4.78 is 11.0. The summed E-state index contributed by atoms with van der Waals surface area (Å²) in [6.45, 7) is 1.08. The van der Waals surface area contributed by atoms with E-state index in [2.05, 4.69) is 10.6 Å². The van der Waals surface area contributed by atoms with Crippen LogP contribution < -0.4 is 15.5 Å². The number of ether oxygens (including phenoxy) is 2. The fraction of sp³-hybridized carbons (Fsp3) is 0.348. The van der Waals surface area contributed by atoms with E-state index in [1.54, 1.807) is 53.4 Å². The lowest BCUT2D eigenvalue weighted by Crippen LogP contribution is -2.50. The molecular formula is C23H23ClN4O5. The first-order valence-electron chi connectivity index (χ1n) is 10.7. The van der Waals surface area contributed by atoms with Gasteiger partial charge >= 0.3 is 6.03 Å².